The Morgan fingerprint density at radius 3 is 2.85 bits per heavy atom. The van der Waals surface area contributed by atoms with E-state index >= 15 is 0 Å². The van der Waals surface area contributed by atoms with Crippen LogP contribution in [-0.4, -0.2) is 26.3 Å². The fourth-order valence-corrected chi connectivity index (χ4v) is 7.07. The van der Waals surface area contributed by atoms with Crippen molar-refractivity contribution >= 4 is 23.5 Å². The lowest BCUT2D eigenvalue weighted by molar-refractivity contribution is 0.375. The van der Waals surface area contributed by atoms with Gasteiger partial charge in [-0.2, -0.15) is 5.10 Å². The third-order valence-corrected chi connectivity index (χ3v) is 7.73. The molecule has 3 nitrogen and oxygen atoms in total. The average molecular weight is 303 g/mol. The molecule has 2 aromatic rings. The summed E-state index contributed by atoms with van der Waals surface area (Å²) < 4.78 is 2.21. The first-order chi connectivity index (χ1) is 9.90. The molecule has 0 saturated carbocycles. The number of aryl methyl sites for hydroxylation is 1. The summed E-state index contributed by atoms with van der Waals surface area (Å²) in [6, 6.07) is 9.38. The minimum atomic E-state index is 0.126. The van der Waals surface area contributed by atoms with E-state index in [9.17, 15) is 0 Å². The topological polar surface area (TPSA) is 30.7 Å². The van der Waals surface area contributed by atoms with Gasteiger partial charge in [-0.3, -0.25) is 0 Å². The van der Waals surface area contributed by atoms with E-state index in [-0.39, 0.29) is 4.08 Å². The van der Waals surface area contributed by atoms with Crippen molar-refractivity contribution in [3.05, 3.63) is 48.0 Å². The molecule has 2 heterocycles. The molecule has 0 N–H and O–H groups in total. The summed E-state index contributed by atoms with van der Waals surface area (Å²) in [5, 5.41) is 4.44. The number of fused-ring (bicyclic) bond motifs is 2. The molecule has 2 aliphatic rings. The van der Waals surface area contributed by atoms with Gasteiger partial charge < -0.3 is 0 Å². The molecule has 1 aliphatic carbocycles. The largest absolute Gasteiger partial charge is 0.247 e. The highest BCUT2D eigenvalue weighted by Crippen LogP contribution is 2.60. The lowest BCUT2D eigenvalue weighted by Crippen LogP contribution is -2.38. The zero-order chi connectivity index (χ0) is 13.4. The lowest BCUT2D eigenvalue weighted by Gasteiger charge is -2.46. The van der Waals surface area contributed by atoms with E-state index < -0.39 is 0 Å². The maximum absolute atomic E-state index is 4.44. The number of thioether (sulfide) groups is 2. The number of nitrogens with zero attached hydrogens (tertiary/aromatic N) is 3. The Bertz CT molecular complexity index is 591. The highest BCUT2D eigenvalue weighted by molar-refractivity contribution is 8.18. The standard InChI is InChI=1S/C15H17N3S2/c1-2-5-13-12(4-1)6-7-14(18-11-16-10-17-18)15(13)19-8-3-9-20-15/h1-2,4-5,10-11,14H,3,6-9H2. The molecule has 4 rings (SSSR count). The van der Waals surface area contributed by atoms with Crippen molar-refractivity contribution in [1.82, 2.24) is 14.8 Å². The van der Waals surface area contributed by atoms with Gasteiger partial charge in [0.1, 0.15) is 16.7 Å². The van der Waals surface area contributed by atoms with Gasteiger partial charge in [-0.05, 0) is 41.9 Å². The van der Waals surface area contributed by atoms with Crippen LogP contribution in [0.25, 0.3) is 0 Å². The number of aromatic nitrogens is 3. The molecule has 1 fully saturated rings. The third-order valence-electron chi connectivity index (χ3n) is 4.20. The molecule has 1 atom stereocenters. The van der Waals surface area contributed by atoms with Crippen molar-refractivity contribution in [3.63, 3.8) is 0 Å². The third kappa shape index (κ3) is 1.91. The fourth-order valence-electron chi connectivity index (χ4n) is 3.32. The van der Waals surface area contributed by atoms with Gasteiger partial charge in [-0.25, -0.2) is 9.67 Å². The van der Waals surface area contributed by atoms with Crippen molar-refractivity contribution in [2.75, 3.05) is 11.5 Å². The Hall–Kier alpha value is -0.940. The highest BCUT2D eigenvalue weighted by Gasteiger charge is 2.47. The van der Waals surface area contributed by atoms with Crippen molar-refractivity contribution in [1.29, 1.82) is 0 Å². The molecular weight excluding hydrogens is 286 g/mol. The quantitative estimate of drug-likeness (QED) is 0.807. The summed E-state index contributed by atoms with van der Waals surface area (Å²) in [7, 11) is 0. The minimum absolute atomic E-state index is 0.126. The Balaban J connectivity index is 1.85. The first-order valence-electron chi connectivity index (χ1n) is 7.10. The second kappa shape index (κ2) is 5.11. The van der Waals surface area contributed by atoms with E-state index in [1.807, 2.05) is 6.33 Å². The zero-order valence-electron chi connectivity index (χ0n) is 11.2. The molecular formula is C15H17N3S2. The van der Waals surface area contributed by atoms with E-state index in [4.69, 9.17) is 0 Å². The molecule has 0 amide bonds. The van der Waals surface area contributed by atoms with Gasteiger partial charge in [0.2, 0.25) is 0 Å². The molecule has 0 bridgehead atoms. The van der Waals surface area contributed by atoms with Crippen LogP contribution in [-0.2, 0) is 10.5 Å². The molecule has 1 aliphatic heterocycles. The van der Waals surface area contributed by atoms with E-state index in [1.54, 1.807) is 6.33 Å². The van der Waals surface area contributed by atoms with Crippen molar-refractivity contribution in [3.8, 4) is 0 Å². The SMILES string of the molecule is c1ccc2c(c1)CCC(n1cncn1)C21SCCCS1. The second-order valence-electron chi connectivity index (χ2n) is 5.31. The van der Waals surface area contributed by atoms with Crippen LogP contribution in [0.4, 0.5) is 0 Å². The Labute approximate surface area is 127 Å². The second-order valence-corrected chi connectivity index (χ2v) is 8.25. The summed E-state index contributed by atoms with van der Waals surface area (Å²) in [4.78, 5) is 4.16. The van der Waals surface area contributed by atoms with Crippen molar-refractivity contribution < 1.29 is 0 Å². The molecule has 0 radical (unpaired) electrons. The van der Waals surface area contributed by atoms with Gasteiger partial charge in [0, 0.05) is 0 Å². The molecule has 104 valence electrons. The molecule has 1 aromatic carbocycles. The first kappa shape index (κ1) is 12.8. The van der Waals surface area contributed by atoms with Gasteiger partial charge >= 0.3 is 0 Å². The average Bonchev–Trinajstić information content (AvgIpc) is 3.03. The molecule has 5 heteroatoms. The van der Waals surface area contributed by atoms with Crippen molar-refractivity contribution in [2.45, 2.75) is 29.4 Å². The number of rotatable bonds is 1. The van der Waals surface area contributed by atoms with Crippen LogP contribution in [0.1, 0.15) is 30.0 Å². The van der Waals surface area contributed by atoms with Gasteiger partial charge in [-0.15, -0.1) is 23.5 Å². The zero-order valence-corrected chi connectivity index (χ0v) is 12.9. The number of benzene rings is 1. The van der Waals surface area contributed by atoms with Crippen LogP contribution in [0.3, 0.4) is 0 Å². The maximum Gasteiger partial charge on any atom is 0.137 e. The highest BCUT2D eigenvalue weighted by atomic mass is 32.2. The van der Waals surface area contributed by atoms with Gasteiger partial charge in [0.15, 0.2) is 0 Å². The molecule has 1 aromatic heterocycles. The van der Waals surface area contributed by atoms with Crippen molar-refractivity contribution in [2.24, 2.45) is 0 Å². The summed E-state index contributed by atoms with van der Waals surface area (Å²) in [6.07, 6.45) is 7.15. The van der Waals surface area contributed by atoms with Gasteiger partial charge in [0.05, 0.1) is 6.04 Å². The van der Waals surface area contributed by atoms with Crippen LogP contribution >= 0.6 is 23.5 Å². The smallest absolute Gasteiger partial charge is 0.137 e. The Morgan fingerprint density at radius 2 is 2.05 bits per heavy atom. The molecule has 1 unspecified atom stereocenters. The fraction of sp³-hybridized carbons (Fsp3) is 0.467. The minimum Gasteiger partial charge on any atom is -0.247 e. The van der Waals surface area contributed by atoms with E-state index in [2.05, 4.69) is 62.6 Å². The molecule has 20 heavy (non-hydrogen) atoms. The monoisotopic (exact) mass is 303 g/mol. The maximum atomic E-state index is 4.44. The van der Waals surface area contributed by atoms with Gasteiger partial charge in [-0.1, -0.05) is 24.3 Å². The summed E-state index contributed by atoms with van der Waals surface area (Å²) >= 11 is 4.22. The van der Waals surface area contributed by atoms with E-state index in [0.29, 0.717) is 6.04 Å². The predicted molar refractivity (Wildman–Crippen MR) is 85.0 cm³/mol. The summed E-state index contributed by atoms with van der Waals surface area (Å²) in [6.45, 7) is 0. The van der Waals surface area contributed by atoms with Crippen LogP contribution in [0.5, 0.6) is 0 Å². The molecule has 1 saturated heterocycles. The van der Waals surface area contributed by atoms with Crippen LogP contribution < -0.4 is 0 Å². The van der Waals surface area contributed by atoms with Crippen LogP contribution in [0, 0.1) is 0 Å². The summed E-state index contributed by atoms with van der Waals surface area (Å²) in [5.41, 5.74) is 3.03. The first-order valence-corrected chi connectivity index (χ1v) is 9.08. The molecule has 1 spiro atoms. The van der Waals surface area contributed by atoms with E-state index in [0.717, 1.165) is 12.8 Å². The number of hydrogen-bond donors (Lipinski definition) is 0. The lowest BCUT2D eigenvalue weighted by atomic mass is 9.87. The van der Waals surface area contributed by atoms with Crippen LogP contribution in [0.15, 0.2) is 36.9 Å². The predicted octanol–water partition coefficient (Wildman–Crippen LogP) is 3.49. The van der Waals surface area contributed by atoms with Gasteiger partial charge in [0.25, 0.3) is 0 Å². The van der Waals surface area contributed by atoms with E-state index in [1.165, 1.54) is 29.1 Å². The Morgan fingerprint density at radius 1 is 1.20 bits per heavy atom. The Kier molecular flexibility index (Phi) is 3.27. The summed E-state index contributed by atoms with van der Waals surface area (Å²) in [5.74, 6) is 2.49. The number of hydrogen-bond acceptors (Lipinski definition) is 4. The normalized spacial score (nSPS) is 24.5. The van der Waals surface area contributed by atoms with Crippen LogP contribution in [0.2, 0.25) is 0 Å².